The molecule has 0 atom stereocenters. The zero-order chi connectivity index (χ0) is 15.8. The minimum atomic E-state index is -0.516. The van der Waals surface area contributed by atoms with Crippen LogP contribution in [0.1, 0.15) is 26.0 Å². The summed E-state index contributed by atoms with van der Waals surface area (Å²) in [6.07, 6.45) is 0.980. The first-order valence-electron chi connectivity index (χ1n) is 6.77. The standard InChI is InChI=1S/C12H22N6O3/c1-8(2)4-6-21-7-5-14-11-10(18(19)20)9(3)15-12(16-11)17-13/h8H,4-7,13H2,1-3H3,(H2,14,15,16,17). The topological polar surface area (TPSA) is 128 Å². The quantitative estimate of drug-likeness (QED) is 0.270. The Kier molecular flexibility index (Phi) is 6.76. The highest BCUT2D eigenvalue weighted by atomic mass is 16.6. The number of hydrogen-bond acceptors (Lipinski definition) is 8. The van der Waals surface area contributed by atoms with E-state index in [-0.39, 0.29) is 23.1 Å². The van der Waals surface area contributed by atoms with Gasteiger partial charge in [0.05, 0.1) is 11.5 Å². The molecule has 9 heteroatoms. The van der Waals surface area contributed by atoms with Crippen LogP contribution in [0.5, 0.6) is 0 Å². The highest BCUT2D eigenvalue weighted by molar-refractivity contribution is 5.60. The molecule has 0 saturated heterocycles. The molecule has 0 aromatic carbocycles. The van der Waals surface area contributed by atoms with Crippen molar-refractivity contribution < 1.29 is 9.66 Å². The van der Waals surface area contributed by atoms with Gasteiger partial charge < -0.3 is 10.1 Å². The predicted molar refractivity (Wildman–Crippen MR) is 80.0 cm³/mol. The van der Waals surface area contributed by atoms with E-state index in [1.165, 1.54) is 6.92 Å². The number of rotatable bonds is 9. The number of aromatic nitrogens is 2. The van der Waals surface area contributed by atoms with Crippen LogP contribution in [0.2, 0.25) is 0 Å². The Hall–Kier alpha value is -2.00. The van der Waals surface area contributed by atoms with E-state index in [9.17, 15) is 10.1 Å². The van der Waals surface area contributed by atoms with Gasteiger partial charge in [0.2, 0.25) is 11.8 Å². The smallest absolute Gasteiger partial charge is 0.332 e. The number of aryl methyl sites for hydroxylation is 1. The molecule has 0 saturated carbocycles. The molecule has 0 unspecified atom stereocenters. The van der Waals surface area contributed by atoms with Crippen LogP contribution in [0.15, 0.2) is 0 Å². The van der Waals surface area contributed by atoms with E-state index in [1.54, 1.807) is 0 Å². The summed E-state index contributed by atoms with van der Waals surface area (Å²) in [5, 5.41) is 13.9. The van der Waals surface area contributed by atoms with Crippen LogP contribution in [0, 0.1) is 23.0 Å². The fourth-order valence-corrected chi connectivity index (χ4v) is 1.64. The maximum atomic E-state index is 11.1. The van der Waals surface area contributed by atoms with E-state index < -0.39 is 4.92 Å². The van der Waals surface area contributed by atoms with Crippen molar-refractivity contribution >= 4 is 17.5 Å². The lowest BCUT2D eigenvalue weighted by Gasteiger charge is -2.10. The number of anilines is 2. The van der Waals surface area contributed by atoms with Crippen molar-refractivity contribution in [3.05, 3.63) is 15.8 Å². The molecule has 4 N–H and O–H groups in total. The Morgan fingerprint density at radius 3 is 2.67 bits per heavy atom. The molecule has 0 aliphatic carbocycles. The third-order valence-corrected chi connectivity index (χ3v) is 2.75. The molecule has 9 nitrogen and oxygen atoms in total. The van der Waals surface area contributed by atoms with E-state index >= 15 is 0 Å². The third kappa shape index (κ3) is 5.48. The maximum Gasteiger partial charge on any atom is 0.332 e. The number of nitrogens with two attached hydrogens (primary N) is 1. The van der Waals surface area contributed by atoms with Gasteiger partial charge in [-0.2, -0.15) is 4.98 Å². The van der Waals surface area contributed by atoms with Crippen LogP contribution in [0.3, 0.4) is 0 Å². The van der Waals surface area contributed by atoms with Crippen molar-refractivity contribution in [2.45, 2.75) is 27.2 Å². The third-order valence-electron chi connectivity index (χ3n) is 2.75. The van der Waals surface area contributed by atoms with Crippen molar-refractivity contribution in [1.82, 2.24) is 9.97 Å². The van der Waals surface area contributed by atoms with Gasteiger partial charge in [-0.05, 0) is 19.3 Å². The summed E-state index contributed by atoms with van der Waals surface area (Å²) in [7, 11) is 0. The summed E-state index contributed by atoms with van der Waals surface area (Å²) in [6, 6.07) is 0. The van der Waals surface area contributed by atoms with Crippen LogP contribution in [0.4, 0.5) is 17.5 Å². The SMILES string of the molecule is Cc1nc(NN)nc(NCCOCCC(C)C)c1[N+](=O)[O-]. The van der Waals surface area contributed by atoms with Gasteiger partial charge in [-0.15, -0.1) is 0 Å². The monoisotopic (exact) mass is 298 g/mol. The largest absolute Gasteiger partial charge is 0.380 e. The average molecular weight is 298 g/mol. The molecule has 1 rings (SSSR count). The van der Waals surface area contributed by atoms with Gasteiger partial charge in [-0.25, -0.2) is 10.8 Å². The Bertz CT molecular complexity index is 480. The molecule has 0 amide bonds. The van der Waals surface area contributed by atoms with E-state index in [4.69, 9.17) is 10.6 Å². The number of ether oxygens (including phenoxy) is 1. The van der Waals surface area contributed by atoms with Gasteiger partial charge in [0.15, 0.2) is 0 Å². The summed E-state index contributed by atoms with van der Waals surface area (Å²) < 4.78 is 5.44. The minimum Gasteiger partial charge on any atom is -0.380 e. The van der Waals surface area contributed by atoms with Gasteiger partial charge in [-0.3, -0.25) is 15.5 Å². The molecular weight excluding hydrogens is 276 g/mol. The number of hydrazine groups is 1. The van der Waals surface area contributed by atoms with Crippen molar-refractivity contribution in [2.75, 3.05) is 30.5 Å². The molecule has 0 aliphatic heterocycles. The molecule has 1 heterocycles. The van der Waals surface area contributed by atoms with Crippen LogP contribution in [-0.4, -0.2) is 34.6 Å². The fourth-order valence-electron chi connectivity index (χ4n) is 1.64. The van der Waals surface area contributed by atoms with Gasteiger partial charge >= 0.3 is 5.69 Å². The number of nitrogens with one attached hydrogen (secondary N) is 2. The second-order valence-electron chi connectivity index (χ2n) is 4.95. The maximum absolute atomic E-state index is 11.1. The van der Waals surface area contributed by atoms with Crippen LogP contribution in [0.25, 0.3) is 0 Å². The molecule has 0 radical (unpaired) electrons. The molecule has 1 aromatic heterocycles. The fraction of sp³-hybridized carbons (Fsp3) is 0.667. The number of nitrogens with zero attached hydrogens (tertiary/aromatic N) is 3. The molecule has 118 valence electrons. The van der Waals surface area contributed by atoms with Crippen LogP contribution in [-0.2, 0) is 4.74 Å². The minimum absolute atomic E-state index is 0.126. The average Bonchev–Trinajstić information content (AvgIpc) is 2.41. The summed E-state index contributed by atoms with van der Waals surface area (Å²) >= 11 is 0. The lowest BCUT2D eigenvalue weighted by Crippen LogP contribution is -2.17. The normalized spacial score (nSPS) is 10.7. The molecule has 0 fully saturated rings. The summed E-state index contributed by atoms with van der Waals surface area (Å²) in [6.45, 7) is 7.30. The number of nitrogen functional groups attached to an aromatic ring is 1. The first-order valence-corrected chi connectivity index (χ1v) is 6.77. The lowest BCUT2D eigenvalue weighted by molar-refractivity contribution is -0.385. The van der Waals surface area contributed by atoms with Gasteiger partial charge in [0.1, 0.15) is 5.69 Å². The van der Waals surface area contributed by atoms with Crippen molar-refractivity contribution in [1.29, 1.82) is 0 Å². The van der Waals surface area contributed by atoms with Crippen LogP contribution >= 0.6 is 0 Å². The van der Waals surface area contributed by atoms with Crippen molar-refractivity contribution in [3.63, 3.8) is 0 Å². The number of nitro groups is 1. The molecule has 21 heavy (non-hydrogen) atoms. The van der Waals surface area contributed by atoms with E-state index in [2.05, 4.69) is 34.6 Å². The van der Waals surface area contributed by atoms with Crippen molar-refractivity contribution in [3.8, 4) is 0 Å². The second-order valence-corrected chi connectivity index (χ2v) is 4.95. The Morgan fingerprint density at radius 2 is 2.10 bits per heavy atom. The predicted octanol–water partition coefficient (Wildman–Crippen LogP) is 1.45. The van der Waals surface area contributed by atoms with E-state index in [0.29, 0.717) is 25.7 Å². The van der Waals surface area contributed by atoms with Gasteiger partial charge in [-0.1, -0.05) is 13.8 Å². The highest BCUT2D eigenvalue weighted by Crippen LogP contribution is 2.25. The summed E-state index contributed by atoms with van der Waals surface area (Å²) in [5.74, 6) is 6.08. The van der Waals surface area contributed by atoms with Crippen LogP contribution < -0.4 is 16.6 Å². The second kappa shape index (κ2) is 8.32. The Morgan fingerprint density at radius 1 is 1.38 bits per heavy atom. The Labute approximate surface area is 123 Å². The summed E-state index contributed by atoms with van der Waals surface area (Å²) in [5.41, 5.74) is 2.37. The zero-order valence-electron chi connectivity index (χ0n) is 12.5. The number of hydrogen-bond donors (Lipinski definition) is 3. The first kappa shape index (κ1) is 17.1. The zero-order valence-corrected chi connectivity index (χ0v) is 12.5. The van der Waals surface area contributed by atoms with Crippen molar-refractivity contribution in [2.24, 2.45) is 11.8 Å². The van der Waals surface area contributed by atoms with E-state index in [0.717, 1.165) is 6.42 Å². The summed E-state index contributed by atoms with van der Waals surface area (Å²) in [4.78, 5) is 18.4. The van der Waals surface area contributed by atoms with Gasteiger partial charge in [0, 0.05) is 13.2 Å². The molecule has 0 spiro atoms. The molecule has 0 aliphatic rings. The molecule has 0 bridgehead atoms. The lowest BCUT2D eigenvalue weighted by atomic mass is 10.1. The first-order chi connectivity index (χ1) is 9.95. The van der Waals surface area contributed by atoms with E-state index in [1.807, 2.05) is 0 Å². The molecule has 1 aromatic rings. The Balaban J connectivity index is 2.60. The van der Waals surface area contributed by atoms with Gasteiger partial charge in [0.25, 0.3) is 0 Å². The molecular formula is C12H22N6O3. The highest BCUT2D eigenvalue weighted by Gasteiger charge is 2.21.